The van der Waals surface area contributed by atoms with Crippen LogP contribution < -0.4 is 5.32 Å². The molecule has 3 heteroatoms. The largest absolute Gasteiger partial charge is 0.362 e. The van der Waals surface area contributed by atoms with Crippen LogP contribution in [-0.4, -0.2) is 23.5 Å². The predicted octanol–water partition coefficient (Wildman–Crippen LogP) is 2.89. The molecule has 0 aliphatic carbocycles. The number of hydrogen-bond donors (Lipinski definition) is 1. The normalized spacial score (nSPS) is 18.4. The Balaban J connectivity index is 2.06. The monoisotopic (exact) mass is 214 g/mol. The van der Waals surface area contributed by atoms with Gasteiger partial charge in [-0.2, -0.15) is 0 Å². The fraction of sp³-hybridized carbons (Fsp3) is 0.909. The number of amidine groups is 1. The van der Waals surface area contributed by atoms with Gasteiger partial charge < -0.3 is 5.32 Å². The number of nitrogens with zero attached hydrogens (tertiary/aromatic N) is 1. The van der Waals surface area contributed by atoms with E-state index in [0.717, 1.165) is 23.4 Å². The van der Waals surface area contributed by atoms with Crippen molar-refractivity contribution >= 4 is 16.9 Å². The molecule has 82 valence electrons. The first kappa shape index (κ1) is 11.9. The minimum atomic E-state index is 0.582. The second-order valence-electron chi connectivity index (χ2n) is 4.41. The maximum absolute atomic E-state index is 4.39. The Kier molecular flexibility index (Phi) is 5.38. The van der Waals surface area contributed by atoms with Crippen LogP contribution >= 0.6 is 11.8 Å². The molecule has 0 saturated heterocycles. The lowest BCUT2D eigenvalue weighted by Gasteiger charge is -2.14. The van der Waals surface area contributed by atoms with Gasteiger partial charge in [-0.05, 0) is 19.3 Å². The molecule has 0 aromatic heterocycles. The first-order valence-electron chi connectivity index (χ1n) is 5.62. The SMILES string of the molecule is CC(C)CCCC(C)NC1=NCCS1. The van der Waals surface area contributed by atoms with Gasteiger partial charge in [0.25, 0.3) is 0 Å². The zero-order valence-electron chi connectivity index (χ0n) is 9.55. The Labute approximate surface area is 92.0 Å². The molecule has 1 unspecified atom stereocenters. The molecule has 0 bridgehead atoms. The van der Waals surface area contributed by atoms with E-state index in [2.05, 4.69) is 31.1 Å². The highest BCUT2D eigenvalue weighted by atomic mass is 32.2. The average molecular weight is 214 g/mol. The third-order valence-electron chi connectivity index (χ3n) is 2.37. The summed E-state index contributed by atoms with van der Waals surface area (Å²) in [5.74, 6) is 1.99. The fourth-order valence-electron chi connectivity index (χ4n) is 1.54. The molecule has 0 amide bonds. The minimum absolute atomic E-state index is 0.582. The van der Waals surface area contributed by atoms with E-state index in [1.165, 1.54) is 19.3 Å². The maximum atomic E-state index is 4.39. The summed E-state index contributed by atoms with van der Waals surface area (Å²) in [6, 6.07) is 0.582. The number of hydrogen-bond acceptors (Lipinski definition) is 3. The van der Waals surface area contributed by atoms with Gasteiger partial charge in [-0.3, -0.25) is 4.99 Å². The van der Waals surface area contributed by atoms with Crippen molar-refractivity contribution in [3.05, 3.63) is 0 Å². The number of nitrogens with one attached hydrogen (secondary N) is 1. The lowest BCUT2D eigenvalue weighted by Crippen LogP contribution is -2.29. The van der Waals surface area contributed by atoms with Gasteiger partial charge in [0, 0.05) is 11.8 Å². The molecular formula is C11H22N2S. The van der Waals surface area contributed by atoms with Crippen LogP contribution in [0.1, 0.15) is 40.0 Å². The van der Waals surface area contributed by atoms with Gasteiger partial charge in [0.15, 0.2) is 5.17 Å². The summed E-state index contributed by atoms with van der Waals surface area (Å²) in [6.45, 7) is 7.82. The summed E-state index contributed by atoms with van der Waals surface area (Å²) < 4.78 is 0. The molecule has 14 heavy (non-hydrogen) atoms. The van der Waals surface area contributed by atoms with E-state index < -0.39 is 0 Å². The van der Waals surface area contributed by atoms with Crippen LogP contribution in [-0.2, 0) is 0 Å². The van der Waals surface area contributed by atoms with Crippen molar-refractivity contribution in [3.8, 4) is 0 Å². The molecular weight excluding hydrogens is 192 g/mol. The van der Waals surface area contributed by atoms with Gasteiger partial charge in [-0.15, -0.1) is 0 Å². The minimum Gasteiger partial charge on any atom is -0.362 e. The predicted molar refractivity (Wildman–Crippen MR) is 66.0 cm³/mol. The molecule has 0 radical (unpaired) electrons. The smallest absolute Gasteiger partial charge is 0.156 e. The van der Waals surface area contributed by atoms with Crippen LogP contribution in [0.5, 0.6) is 0 Å². The van der Waals surface area contributed by atoms with Gasteiger partial charge in [-0.25, -0.2) is 0 Å². The van der Waals surface area contributed by atoms with Crippen molar-refractivity contribution in [2.75, 3.05) is 12.3 Å². The number of rotatable bonds is 5. The van der Waals surface area contributed by atoms with Gasteiger partial charge in [0.1, 0.15) is 0 Å². The standard InChI is InChI=1S/C11H22N2S/c1-9(2)5-4-6-10(3)13-11-12-7-8-14-11/h9-10H,4-8H2,1-3H3,(H,12,13). The Bertz CT molecular complexity index is 190. The quantitative estimate of drug-likeness (QED) is 0.761. The molecule has 0 aromatic rings. The van der Waals surface area contributed by atoms with Crippen molar-refractivity contribution < 1.29 is 0 Å². The molecule has 0 fully saturated rings. The molecule has 0 saturated carbocycles. The Morgan fingerprint density at radius 3 is 2.71 bits per heavy atom. The van der Waals surface area contributed by atoms with Crippen LogP contribution in [0.25, 0.3) is 0 Å². The summed E-state index contributed by atoms with van der Waals surface area (Å²) in [6.07, 6.45) is 3.92. The highest BCUT2D eigenvalue weighted by Gasteiger charge is 2.09. The maximum Gasteiger partial charge on any atom is 0.156 e. The van der Waals surface area contributed by atoms with Crippen molar-refractivity contribution in [2.45, 2.75) is 46.1 Å². The molecule has 1 aliphatic heterocycles. The van der Waals surface area contributed by atoms with E-state index in [4.69, 9.17) is 0 Å². The molecule has 0 spiro atoms. The van der Waals surface area contributed by atoms with Crippen LogP contribution in [0.4, 0.5) is 0 Å². The zero-order valence-corrected chi connectivity index (χ0v) is 10.4. The molecule has 1 heterocycles. The van der Waals surface area contributed by atoms with Crippen LogP contribution in [0.3, 0.4) is 0 Å². The Morgan fingerprint density at radius 2 is 2.14 bits per heavy atom. The summed E-state index contributed by atoms with van der Waals surface area (Å²) in [5.41, 5.74) is 0. The molecule has 1 N–H and O–H groups in total. The highest BCUT2D eigenvalue weighted by Crippen LogP contribution is 2.12. The van der Waals surface area contributed by atoms with E-state index in [0.29, 0.717) is 6.04 Å². The van der Waals surface area contributed by atoms with Crippen LogP contribution in [0, 0.1) is 5.92 Å². The second-order valence-corrected chi connectivity index (χ2v) is 5.49. The van der Waals surface area contributed by atoms with E-state index in [1.54, 1.807) is 0 Å². The summed E-state index contributed by atoms with van der Waals surface area (Å²) >= 11 is 1.85. The summed E-state index contributed by atoms with van der Waals surface area (Å²) in [7, 11) is 0. The van der Waals surface area contributed by atoms with Crippen molar-refractivity contribution in [2.24, 2.45) is 10.9 Å². The third kappa shape index (κ3) is 4.89. The third-order valence-corrected chi connectivity index (χ3v) is 3.28. The van der Waals surface area contributed by atoms with Crippen molar-refractivity contribution in [3.63, 3.8) is 0 Å². The Morgan fingerprint density at radius 1 is 1.36 bits per heavy atom. The van der Waals surface area contributed by atoms with E-state index >= 15 is 0 Å². The second kappa shape index (κ2) is 6.33. The summed E-state index contributed by atoms with van der Waals surface area (Å²) in [5, 5.41) is 4.62. The van der Waals surface area contributed by atoms with Gasteiger partial charge in [-0.1, -0.05) is 38.5 Å². The van der Waals surface area contributed by atoms with Gasteiger partial charge >= 0.3 is 0 Å². The molecule has 1 atom stereocenters. The molecule has 1 aliphatic rings. The lowest BCUT2D eigenvalue weighted by molar-refractivity contribution is 0.495. The van der Waals surface area contributed by atoms with Crippen LogP contribution in [0.15, 0.2) is 4.99 Å². The Hall–Kier alpha value is -0.180. The van der Waals surface area contributed by atoms with E-state index in [1.807, 2.05) is 11.8 Å². The highest BCUT2D eigenvalue weighted by molar-refractivity contribution is 8.14. The van der Waals surface area contributed by atoms with Gasteiger partial charge in [0.2, 0.25) is 0 Å². The lowest BCUT2D eigenvalue weighted by atomic mass is 10.0. The molecule has 2 nitrogen and oxygen atoms in total. The van der Waals surface area contributed by atoms with Crippen molar-refractivity contribution in [1.29, 1.82) is 0 Å². The molecule has 1 rings (SSSR count). The fourth-order valence-corrected chi connectivity index (χ4v) is 2.38. The van der Waals surface area contributed by atoms with Crippen LogP contribution in [0.2, 0.25) is 0 Å². The first-order valence-corrected chi connectivity index (χ1v) is 6.61. The van der Waals surface area contributed by atoms with Crippen molar-refractivity contribution in [1.82, 2.24) is 5.32 Å². The number of aliphatic imine (C=N–C) groups is 1. The zero-order chi connectivity index (χ0) is 10.4. The first-order chi connectivity index (χ1) is 6.68. The van der Waals surface area contributed by atoms with Gasteiger partial charge in [0.05, 0.1) is 6.54 Å². The average Bonchev–Trinajstić information content (AvgIpc) is 2.56. The topological polar surface area (TPSA) is 24.4 Å². The van der Waals surface area contributed by atoms with E-state index in [9.17, 15) is 0 Å². The summed E-state index contributed by atoms with van der Waals surface area (Å²) in [4.78, 5) is 4.39. The molecule has 0 aromatic carbocycles. The van der Waals surface area contributed by atoms with E-state index in [-0.39, 0.29) is 0 Å². The number of thioether (sulfide) groups is 1.